The molecular formula is C19H32N4S2. The van der Waals surface area contributed by atoms with Gasteiger partial charge in [0.2, 0.25) is 0 Å². The van der Waals surface area contributed by atoms with Gasteiger partial charge < -0.3 is 9.80 Å². The second-order valence-corrected chi connectivity index (χ2v) is 9.31. The third-order valence-electron chi connectivity index (χ3n) is 5.00. The van der Waals surface area contributed by atoms with E-state index >= 15 is 0 Å². The second-order valence-electron chi connectivity index (χ2n) is 7.13. The van der Waals surface area contributed by atoms with Crippen molar-refractivity contribution in [2.45, 2.75) is 55.6 Å². The van der Waals surface area contributed by atoms with E-state index in [1.807, 2.05) is 23.5 Å². The van der Waals surface area contributed by atoms with Gasteiger partial charge in [0, 0.05) is 30.3 Å². The monoisotopic (exact) mass is 380 g/mol. The van der Waals surface area contributed by atoms with Crippen LogP contribution in [0.15, 0.2) is 16.2 Å². The molecule has 0 aliphatic carbocycles. The Balaban J connectivity index is 1.41. The Bertz CT molecular complexity index is 472. The molecule has 0 bridgehead atoms. The van der Waals surface area contributed by atoms with E-state index in [1.54, 1.807) is 0 Å². The summed E-state index contributed by atoms with van der Waals surface area (Å²) in [7, 11) is 0. The average Bonchev–Trinajstić information content (AvgIpc) is 2.63. The highest BCUT2D eigenvalue weighted by Gasteiger charge is 2.12. The molecule has 0 aromatic carbocycles. The molecule has 0 amide bonds. The molecule has 0 unspecified atom stereocenters. The maximum absolute atomic E-state index is 4.78. The summed E-state index contributed by atoms with van der Waals surface area (Å²) in [4.78, 5) is 14.6. The van der Waals surface area contributed by atoms with E-state index in [9.17, 15) is 0 Å². The van der Waals surface area contributed by atoms with Gasteiger partial charge in [0.25, 0.3) is 0 Å². The molecule has 0 N–H and O–H groups in total. The predicted molar refractivity (Wildman–Crippen MR) is 109 cm³/mol. The minimum atomic E-state index is 0.956. The third-order valence-corrected chi connectivity index (χ3v) is 6.72. The van der Waals surface area contributed by atoms with Crippen molar-refractivity contribution in [2.75, 3.05) is 50.8 Å². The fraction of sp³-hybridized carbons (Fsp3) is 0.789. The van der Waals surface area contributed by atoms with Gasteiger partial charge in [0.15, 0.2) is 5.16 Å². The lowest BCUT2D eigenvalue weighted by atomic mass is 10.1. The minimum absolute atomic E-state index is 0.956. The smallest absolute Gasteiger partial charge is 0.188 e. The summed E-state index contributed by atoms with van der Waals surface area (Å²) in [6.45, 7) is 9.54. The van der Waals surface area contributed by atoms with Crippen LogP contribution in [0.5, 0.6) is 0 Å². The first-order valence-electron chi connectivity index (χ1n) is 9.85. The van der Waals surface area contributed by atoms with Gasteiger partial charge in [-0.05, 0) is 64.9 Å². The number of rotatable bonds is 8. The SMILES string of the molecule is Cc1cc(SCCN2CCCCC2)nc(SCCN2CCCCC2)n1. The van der Waals surface area contributed by atoms with Gasteiger partial charge in [-0.1, -0.05) is 24.6 Å². The Morgan fingerprint density at radius 1 is 0.800 bits per heavy atom. The van der Waals surface area contributed by atoms with Crippen LogP contribution in [0.1, 0.15) is 44.2 Å². The largest absolute Gasteiger partial charge is 0.303 e. The molecule has 0 atom stereocenters. The third kappa shape index (κ3) is 7.08. The number of piperidine rings is 2. The van der Waals surface area contributed by atoms with Gasteiger partial charge in [-0.2, -0.15) is 0 Å². The minimum Gasteiger partial charge on any atom is -0.303 e. The lowest BCUT2D eigenvalue weighted by Crippen LogP contribution is -2.31. The van der Waals surface area contributed by atoms with Crippen LogP contribution in [0.25, 0.3) is 0 Å². The molecule has 3 rings (SSSR count). The zero-order valence-corrected chi connectivity index (χ0v) is 17.2. The standard InChI is InChI=1S/C19H32N4S2/c1-17-16-18(24-14-12-22-8-4-2-5-9-22)21-19(20-17)25-15-13-23-10-6-3-7-11-23/h16H,2-15H2,1H3. The van der Waals surface area contributed by atoms with Gasteiger partial charge >= 0.3 is 0 Å². The van der Waals surface area contributed by atoms with E-state index in [4.69, 9.17) is 4.98 Å². The number of hydrogen-bond donors (Lipinski definition) is 0. The lowest BCUT2D eigenvalue weighted by molar-refractivity contribution is 0.242. The van der Waals surface area contributed by atoms with Crippen LogP contribution in [-0.4, -0.2) is 70.5 Å². The average molecular weight is 381 g/mol. The Labute approximate surface area is 161 Å². The summed E-state index contributed by atoms with van der Waals surface area (Å²) in [5.41, 5.74) is 1.09. The summed E-state index contributed by atoms with van der Waals surface area (Å²) in [5, 5.41) is 2.10. The van der Waals surface area contributed by atoms with Crippen LogP contribution >= 0.6 is 23.5 Å². The van der Waals surface area contributed by atoms with Gasteiger partial charge in [-0.15, -0.1) is 11.8 Å². The maximum atomic E-state index is 4.78. The molecule has 1 aromatic heterocycles. The molecule has 3 heterocycles. The van der Waals surface area contributed by atoms with E-state index in [-0.39, 0.29) is 0 Å². The van der Waals surface area contributed by atoms with Crippen molar-refractivity contribution >= 4 is 23.5 Å². The van der Waals surface area contributed by atoms with Gasteiger partial charge in [-0.3, -0.25) is 0 Å². The first-order chi connectivity index (χ1) is 12.3. The summed E-state index contributed by atoms with van der Waals surface area (Å²) in [6, 6.07) is 2.13. The van der Waals surface area contributed by atoms with E-state index in [2.05, 4.69) is 27.8 Å². The highest BCUT2D eigenvalue weighted by Crippen LogP contribution is 2.22. The van der Waals surface area contributed by atoms with Crippen LogP contribution in [-0.2, 0) is 0 Å². The Hall–Kier alpha value is -0.300. The van der Waals surface area contributed by atoms with E-state index in [0.29, 0.717) is 0 Å². The number of hydrogen-bond acceptors (Lipinski definition) is 6. The van der Waals surface area contributed by atoms with Crippen molar-refractivity contribution < 1.29 is 0 Å². The molecule has 25 heavy (non-hydrogen) atoms. The number of aromatic nitrogens is 2. The molecule has 6 heteroatoms. The Morgan fingerprint density at radius 3 is 1.96 bits per heavy atom. The normalized spacial score (nSPS) is 20.0. The van der Waals surface area contributed by atoms with Crippen molar-refractivity contribution in [2.24, 2.45) is 0 Å². The van der Waals surface area contributed by atoms with E-state index < -0.39 is 0 Å². The number of likely N-dealkylation sites (tertiary alicyclic amines) is 2. The molecule has 140 valence electrons. The molecule has 1 aromatic rings. The predicted octanol–water partition coefficient (Wildman–Crippen LogP) is 3.94. The van der Waals surface area contributed by atoms with Crippen LogP contribution in [0.2, 0.25) is 0 Å². The Morgan fingerprint density at radius 2 is 1.36 bits per heavy atom. The molecule has 2 fully saturated rings. The molecular weight excluding hydrogens is 348 g/mol. The van der Waals surface area contributed by atoms with Gasteiger partial charge in [0.05, 0.1) is 0 Å². The molecule has 0 radical (unpaired) electrons. The molecule has 2 saturated heterocycles. The first-order valence-corrected chi connectivity index (χ1v) is 11.8. The lowest BCUT2D eigenvalue weighted by Gasteiger charge is -2.26. The van der Waals surface area contributed by atoms with Crippen LogP contribution < -0.4 is 0 Å². The molecule has 0 saturated carbocycles. The van der Waals surface area contributed by atoms with Crippen LogP contribution in [0.3, 0.4) is 0 Å². The summed E-state index contributed by atoms with van der Waals surface area (Å²) in [6.07, 6.45) is 8.28. The zero-order chi connectivity index (χ0) is 17.3. The number of aryl methyl sites for hydroxylation is 1. The molecule has 4 nitrogen and oxygen atoms in total. The van der Waals surface area contributed by atoms with Crippen LogP contribution in [0.4, 0.5) is 0 Å². The Kier molecular flexibility index (Phi) is 8.37. The highest BCUT2D eigenvalue weighted by molar-refractivity contribution is 7.99. The van der Waals surface area contributed by atoms with Crippen molar-refractivity contribution in [1.29, 1.82) is 0 Å². The van der Waals surface area contributed by atoms with Crippen molar-refractivity contribution in [1.82, 2.24) is 19.8 Å². The summed E-state index contributed by atoms with van der Waals surface area (Å²) in [5.74, 6) is 2.23. The zero-order valence-electron chi connectivity index (χ0n) is 15.6. The number of nitrogens with zero attached hydrogens (tertiary/aromatic N) is 4. The quantitative estimate of drug-likeness (QED) is 0.386. The second kappa shape index (κ2) is 10.8. The fourth-order valence-corrected chi connectivity index (χ4v) is 5.49. The van der Waals surface area contributed by atoms with Crippen molar-refractivity contribution in [3.05, 3.63) is 11.8 Å². The first kappa shape index (κ1) is 19.5. The van der Waals surface area contributed by atoms with Gasteiger partial charge in [-0.25, -0.2) is 9.97 Å². The van der Waals surface area contributed by atoms with Crippen molar-refractivity contribution in [3.63, 3.8) is 0 Å². The van der Waals surface area contributed by atoms with Crippen molar-refractivity contribution in [3.8, 4) is 0 Å². The van der Waals surface area contributed by atoms with E-state index in [1.165, 1.54) is 77.8 Å². The van der Waals surface area contributed by atoms with E-state index in [0.717, 1.165) is 27.4 Å². The molecule has 0 spiro atoms. The number of thioether (sulfide) groups is 2. The summed E-state index contributed by atoms with van der Waals surface area (Å²) >= 11 is 3.70. The maximum Gasteiger partial charge on any atom is 0.188 e. The van der Waals surface area contributed by atoms with Gasteiger partial charge in [0.1, 0.15) is 5.03 Å². The van der Waals surface area contributed by atoms with Crippen LogP contribution in [0, 0.1) is 6.92 Å². The molecule has 2 aliphatic rings. The molecule has 2 aliphatic heterocycles. The highest BCUT2D eigenvalue weighted by atomic mass is 32.2. The fourth-order valence-electron chi connectivity index (χ4n) is 3.56. The topological polar surface area (TPSA) is 32.3 Å². The summed E-state index contributed by atoms with van der Waals surface area (Å²) < 4.78 is 0.